The van der Waals surface area contributed by atoms with Gasteiger partial charge in [-0.15, -0.1) is 5.73 Å². The normalized spacial score (nSPS) is 11.4. The molecule has 0 N–H and O–H groups in total. The van der Waals surface area contributed by atoms with Gasteiger partial charge in [-0.2, -0.15) is 0 Å². The highest BCUT2D eigenvalue weighted by atomic mass is 16.5. The van der Waals surface area contributed by atoms with Crippen molar-refractivity contribution >= 4 is 12.0 Å². The fourth-order valence-corrected chi connectivity index (χ4v) is 2.33. The molecule has 1 atom stereocenters. The Labute approximate surface area is 146 Å². The number of hydrogen-bond acceptors (Lipinski definition) is 5. The summed E-state index contributed by atoms with van der Waals surface area (Å²) >= 11 is 0. The van der Waals surface area contributed by atoms with Crippen molar-refractivity contribution in [1.29, 1.82) is 0 Å². The van der Waals surface area contributed by atoms with E-state index in [2.05, 4.69) is 17.3 Å². The summed E-state index contributed by atoms with van der Waals surface area (Å²) in [5, 5.41) is 0. The van der Waals surface area contributed by atoms with Crippen molar-refractivity contribution in [2.45, 2.75) is 32.4 Å². The number of amides is 1. The maximum atomic E-state index is 12.8. The lowest BCUT2D eigenvalue weighted by molar-refractivity contribution is -0.149. The molecule has 2 aromatic heterocycles. The molecule has 0 saturated carbocycles. The van der Waals surface area contributed by atoms with Gasteiger partial charge in [0.05, 0.1) is 19.4 Å². The van der Waals surface area contributed by atoms with Crippen LogP contribution in [0.4, 0.5) is 4.79 Å². The molecular formula is C18H21N3O4. The number of esters is 1. The van der Waals surface area contributed by atoms with Gasteiger partial charge in [0.2, 0.25) is 0 Å². The van der Waals surface area contributed by atoms with Crippen LogP contribution in [0.25, 0.3) is 0 Å². The standard InChI is InChI=1S/C18H21N3O4/c1-3-5-6-11-25-17(22)16(4-2)21(13-15-8-7-12-24-15)18(23)20-10-9-19-14-20/h5,7-10,12,14,16H,1,4,6,11,13H2,2H3. The van der Waals surface area contributed by atoms with Crippen LogP contribution in [0.3, 0.4) is 0 Å². The quantitative estimate of drug-likeness (QED) is 0.418. The van der Waals surface area contributed by atoms with E-state index in [4.69, 9.17) is 9.15 Å². The number of ether oxygens (including phenoxy) is 1. The summed E-state index contributed by atoms with van der Waals surface area (Å²) in [6, 6.07) is 2.38. The third kappa shape index (κ3) is 4.96. The van der Waals surface area contributed by atoms with Crippen LogP contribution in [-0.4, -0.2) is 39.1 Å². The number of aromatic nitrogens is 2. The second-order valence-electron chi connectivity index (χ2n) is 5.25. The highest BCUT2D eigenvalue weighted by molar-refractivity contribution is 5.84. The van der Waals surface area contributed by atoms with Gasteiger partial charge in [-0.05, 0) is 24.6 Å². The molecule has 0 bridgehead atoms. The van der Waals surface area contributed by atoms with E-state index < -0.39 is 12.0 Å². The molecule has 2 rings (SSSR count). The SMILES string of the molecule is C=C=CCCOC(=O)C(CC)N(Cc1ccco1)C(=O)n1ccnc1. The van der Waals surface area contributed by atoms with Crippen molar-refractivity contribution in [3.63, 3.8) is 0 Å². The van der Waals surface area contributed by atoms with Crippen molar-refractivity contribution in [2.75, 3.05) is 6.61 Å². The van der Waals surface area contributed by atoms with E-state index in [1.165, 1.54) is 34.5 Å². The maximum Gasteiger partial charge on any atom is 0.330 e. The summed E-state index contributed by atoms with van der Waals surface area (Å²) in [7, 11) is 0. The van der Waals surface area contributed by atoms with E-state index in [0.29, 0.717) is 18.6 Å². The van der Waals surface area contributed by atoms with Gasteiger partial charge in [0.15, 0.2) is 0 Å². The zero-order valence-electron chi connectivity index (χ0n) is 14.1. The fourth-order valence-electron chi connectivity index (χ4n) is 2.33. The summed E-state index contributed by atoms with van der Waals surface area (Å²) in [6.07, 6.45) is 8.58. The molecule has 0 aliphatic carbocycles. The first-order chi connectivity index (χ1) is 12.2. The molecule has 0 aromatic carbocycles. The molecule has 25 heavy (non-hydrogen) atoms. The highest BCUT2D eigenvalue weighted by Gasteiger charge is 2.31. The summed E-state index contributed by atoms with van der Waals surface area (Å²) in [5.41, 5.74) is 2.62. The Morgan fingerprint density at radius 3 is 3.00 bits per heavy atom. The van der Waals surface area contributed by atoms with E-state index in [1.54, 1.807) is 18.2 Å². The van der Waals surface area contributed by atoms with E-state index in [9.17, 15) is 9.59 Å². The zero-order chi connectivity index (χ0) is 18.1. The first-order valence-corrected chi connectivity index (χ1v) is 7.99. The zero-order valence-corrected chi connectivity index (χ0v) is 14.1. The molecule has 1 amide bonds. The van der Waals surface area contributed by atoms with Crippen molar-refractivity contribution in [1.82, 2.24) is 14.5 Å². The van der Waals surface area contributed by atoms with Crippen LogP contribution >= 0.6 is 0 Å². The Bertz CT molecular complexity index is 716. The second-order valence-corrected chi connectivity index (χ2v) is 5.25. The smallest absolute Gasteiger partial charge is 0.330 e. The predicted molar refractivity (Wildman–Crippen MR) is 90.6 cm³/mol. The molecule has 7 heteroatoms. The van der Waals surface area contributed by atoms with E-state index in [0.717, 1.165) is 0 Å². The van der Waals surface area contributed by atoms with E-state index >= 15 is 0 Å². The van der Waals surface area contributed by atoms with E-state index in [1.807, 2.05) is 6.92 Å². The topological polar surface area (TPSA) is 77.6 Å². The maximum absolute atomic E-state index is 12.8. The molecule has 0 saturated heterocycles. The number of carbonyl (C=O) groups is 2. The van der Waals surface area contributed by atoms with Crippen molar-refractivity contribution in [2.24, 2.45) is 0 Å². The van der Waals surface area contributed by atoms with Crippen molar-refractivity contribution in [3.8, 4) is 0 Å². The highest BCUT2D eigenvalue weighted by Crippen LogP contribution is 2.15. The number of imidazole rings is 1. The predicted octanol–water partition coefficient (Wildman–Crippen LogP) is 3.00. The molecular weight excluding hydrogens is 322 g/mol. The summed E-state index contributed by atoms with van der Waals surface area (Å²) < 4.78 is 11.9. The average Bonchev–Trinajstić information content (AvgIpc) is 3.31. The minimum atomic E-state index is -0.729. The monoisotopic (exact) mass is 343 g/mol. The van der Waals surface area contributed by atoms with Crippen LogP contribution in [0.2, 0.25) is 0 Å². The average molecular weight is 343 g/mol. The van der Waals surface area contributed by atoms with Crippen LogP contribution < -0.4 is 0 Å². The summed E-state index contributed by atoms with van der Waals surface area (Å²) in [4.78, 5) is 30.6. The molecule has 0 spiro atoms. The number of furan rings is 1. The third-order valence-corrected chi connectivity index (χ3v) is 3.56. The molecule has 0 aliphatic heterocycles. The molecule has 2 aromatic rings. The van der Waals surface area contributed by atoms with Gasteiger partial charge in [-0.3, -0.25) is 4.57 Å². The van der Waals surface area contributed by atoms with Gasteiger partial charge in [0.1, 0.15) is 18.1 Å². The van der Waals surface area contributed by atoms with Crippen LogP contribution in [0, 0.1) is 0 Å². The molecule has 0 radical (unpaired) electrons. The molecule has 2 heterocycles. The third-order valence-electron chi connectivity index (χ3n) is 3.56. The molecule has 7 nitrogen and oxygen atoms in total. The van der Waals surface area contributed by atoms with Crippen molar-refractivity contribution < 1.29 is 18.7 Å². The number of rotatable bonds is 8. The molecule has 132 valence electrons. The van der Waals surface area contributed by atoms with Gasteiger partial charge in [-0.1, -0.05) is 13.5 Å². The molecule has 0 aliphatic rings. The summed E-state index contributed by atoms with van der Waals surface area (Å²) in [6.45, 7) is 5.65. The Balaban J connectivity index is 2.17. The van der Waals surface area contributed by atoms with E-state index in [-0.39, 0.29) is 19.2 Å². The first kappa shape index (κ1) is 18.3. The van der Waals surface area contributed by atoms with Gasteiger partial charge in [-0.25, -0.2) is 14.6 Å². The lowest BCUT2D eigenvalue weighted by Gasteiger charge is -2.28. The van der Waals surface area contributed by atoms with Gasteiger partial charge in [0, 0.05) is 18.8 Å². The Hall–Kier alpha value is -3.05. The largest absolute Gasteiger partial charge is 0.467 e. The fraction of sp³-hybridized carbons (Fsp3) is 0.333. The second kappa shape index (κ2) is 9.30. The van der Waals surface area contributed by atoms with Gasteiger partial charge < -0.3 is 14.1 Å². The molecule has 1 unspecified atom stereocenters. The van der Waals surface area contributed by atoms with Gasteiger partial charge >= 0.3 is 12.0 Å². The number of hydrogen-bond donors (Lipinski definition) is 0. The van der Waals surface area contributed by atoms with Crippen LogP contribution in [0.1, 0.15) is 25.5 Å². The minimum absolute atomic E-state index is 0.157. The Morgan fingerprint density at radius 2 is 2.40 bits per heavy atom. The first-order valence-electron chi connectivity index (χ1n) is 7.99. The van der Waals surface area contributed by atoms with Crippen LogP contribution in [-0.2, 0) is 16.1 Å². The number of carbonyl (C=O) groups excluding carboxylic acids is 2. The van der Waals surface area contributed by atoms with Crippen molar-refractivity contribution in [3.05, 3.63) is 61.3 Å². The lowest BCUT2D eigenvalue weighted by atomic mass is 10.2. The number of nitrogens with zero attached hydrogens (tertiary/aromatic N) is 3. The molecule has 0 fully saturated rings. The Kier molecular flexibility index (Phi) is 6.80. The Morgan fingerprint density at radius 1 is 1.56 bits per heavy atom. The van der Waals surface area contributed by atoms with Crippen LogP contribution in [0.5, 0.6) is 0 Å². The minimum Gasteiger partial charge on any atom is -0.467 e. The summed E-state index contributed by atoms with van der Waals surface area (Å²) in [5.74, 6) is 0.120. The lowest BCUT2D eigenvalue weighted by Crippen LogP contribution is -2.46. The van der Waals surface area contributed by atoms with Crippen LogP contribution in [0.15, 0.2) is 59.9 Å². The van der Waals surface area contributed by atoms with Gasteiger partial charge in [0.25, 0.3) is 0 Å².